The lowest BCUT2D eigenvalue weighted by Gasteiger charge is -2.10. The molecule has 0 saturated heterocycles. The van der Waals surface area contributed by atoms with Gasteiger partial charge in [0, 0.05) is 6.54 Å². The van der Waals surface area contributed by atoms with Crippen LogP contribution in [0.3, 0.4) is 0 Å². The van der Waals surface area contributed by atoms with Crippen LogP contribution in [0.1, 0.15) is 23.6 Å². The molecule has 0 spiro atoms. The van der Waals surface area contributed by atoms with E-state index < -0.39 is 10.0 Å². The molecule has 4 nitrogen and oxygen atoms in total. The van der Waals surface area contributed by atoms with Crippen LogP contribution in [0.2, 0.25) is 0 Å². The largest absolute Gasteiger partial charge is 0.392 e. The van der Waals surface area contributed by atoms with Crippen molar-refractivity contribution >= 4 is 21.4 Å². The van der Waals surface area contributed by atoms with Crippen LogP contribution < -0.4 is 4.72 Å². The summed E-state index contributed by atoms with van der Waals surface area (Å²) in [5.41, 5.74) is 2.76. The zero-order valence-electron chi connectivity index (χ0n) is 11.9. The minimum absolute atomic E-state index is 0.151. The average Bonchev–Trinajstić information content (AvgIpc) is 2.99. The highest BCUT2D eigenvalue weighted by atomic mass is 32.2. The van der Waals surface area contributed by atoms with Gasteiger partial charge in [-0.05, 0) is 58.5 Å². The van der Waals surface area contributed by atoms with Gasteiger partial charge in [0.15, 0.2) is 0 Å². The highest BCUT2D eigenvalue weighted by Crippen LogP contribution is 2.17. The smallest absolute Gasteiger partial charge is 0.240 e. The fourth-order valence-electron chi connectivity index (χ4n) is 2.11. The molecule has 0 aliphatic heterocycles. The number of hydrogen-bond donors (Lipinski definition) is 2. The van der Waals surface area contributed by atoms with E-state index in [0.717, 1.165) is 17.5 Å². The van der Waals surface area contributed by atoms with E-state index in [1.807, 2.05) is 23.8 Å². The number of aliphatic hydroxyl groups is 1. The zero-order valence-corrected chi connectivity index (χ0v) is 13.5. The molecule has 114 valence electrons. The molecular weight excluding hydrogens is 306 g/mol. The lowest BCUT2D eigenvalue weighted by molar-refractivity contribution is 0.280. The van der Waals surface area contributed by atoms with E-state index in [2.05, 4.69) is 4.72 Å². The number of aryl methyl sites for hydroxylation is 1. The molecule has 0 saturated carbocycles. The van der Waals surface area contributed by atoms with Gasteiger partial charge in [-0.25, -0.2) is 13.1 Å². The number of aliphatic hydroxyl groups excluding tert-OH is 1. The molecule has 2 N–H and O–H groups in total. The first-order chi connectivity index (χ1) is 10.1. The van der Waals surface area contributed by atoms with Crippen molar-refractivity contribution in [2.45, 2.75) is 31.3 Å². The second kappa shape index (κ2) is 7.17. The van der Waals surface area contributed by atoms with Gasteiger partial charge in [-0.2, -0.15) is 11.3 Å². The fourth-order valence-corrected chi connectivity index (χ4v) is 3.89. The number of nitrogens with one attached hydrogen (secondary N) is 1. The van der Waals surface area contributed by atoms with E-state index in [-0.39, 0.29) is 11.5 Å². The number of sulfonamides is 1. The summed E-state index contributed by atoms with van der Waals surface area (Å²) in [4.78, 5) is 0.203. The molecule has 21 heavy (non-hydrogen) atoms. The molecule has 0 radical (unpaired) electrons. The second-order valence-corrected chi connectivity index (χ2v) is 7.27. The van der Waals surface area contributed by atoms with Gasteiger partial charge in [0.2, 0.25) is 10.0 Å². The van der Waals surface area contributed by atoms with Crippen molar-refractivity contribution in [3.63, 3.8) is 0 Å². The second-order valence-electron chi connectivity index (χ2n) is 4.72. The van der Waals surface area contributed by atoms with Crippen LogP contribution in [0, 0.1) is 0 Å². The highest BCUT2D eigenvalue weighted by Gasteiger charge is 2.15. The third kappa shape index (κ3) is 4.14. The Morgan fingerprint density at radius 2 is 2.05 bits per heavy atom. The minimum atomic E-state index is -3.53. The third-order valence-corrected chi connectivity index (χ3v) is 5.52. The van der Waals surface area contributed by atoms with E-state index in [4.69, 9.17) is 0 Å². The van der Waals surface area contributed by atoms with Crippen LogP contribution >= 0.6 is 11.3 Å². The quantitative estimate of drug-likeness (QED) is 0.821. The Balaban J connectivity index is 2.08. The maximum Gasteiger partial charge on any atom is 0.240 e. The van der Waals surface area contributed by atoms with Gasteiger partial charge in [-0.15, -0.1) is 0 Å². The van der Waals surface area contributed by atoms with Crippen LogP contribution in [-0.4, -0.2) is 20.1 Å². The number of benzene rings is 1. The molecule has 0 aliphatic carbocycles. The predicted molar refractivity (Wildman–Crippen MR) is 85.0 cm³/mol. The Hall–Kier alpha value is -1.21. The molecule has 0 bridgehead atoms. The topological polar surface area (TPSA) is 66.4 Å². The van der Waals surface area contributed by atoms with Gasteiger partial charge < -0.3 is 5.11 Å². The Morgan fingerprint density at radius 3 is 2.67 bits per heavy atom. The standard InChI is InChI=1S/C15H19NO3S2/c1-2-13-3-4-15(9-14(13)10-17)21(18,19)16-7-5-12-6-8-20-11-12/h3-4,6,8-9,11,16-17H,2,5,7,10H2,1H3. The third-order valence-electron chi connectivity index (χ3n) is 3.33. The molecule has 1 aromatic heterocycles. The molecule has 2 aromatic rings. The normalized spacial score (nSPS) is 11.7. The molecule has 1 heterocycles. The van der Waals surface area contributed by atoms with E-state index in [0.29, 0.717) is 18.5 Å². The van der Waals surface area contributed by atoms with Crippen molar-refractivity contribution in [2.24, 2.45) is 0 Å². The van der Waals surface area contributed by atoms with Crippen molar-refractivity contribution in [1.82, 2.24) is 4.72 Å². The van der Waals surface area contributed by atoms with Crippen molar-refractivity contribution < 1.29 is 13.5 Å². The van der Waals surface area contributed by atoms with Crippen LogP contribution in [0.5, 0.6) is 0 Å². The summed E-state index contributed by atoms with van der Waals surface area (Å²) in [7, 11) is -3.53. The molecule has 0 unspecified atom stereocenters. The van der Waals surface area contributed by atoms with Crippen LogP contribution in [0.15, 0.2) is 39.9 Å². The van der Waals surface area contributed by atoms with Gasteiger partial charge in [-0.1, -0.05) is 13.0 Å². The van der Waals surface area contributed by atoms with Gasteiger partial charge in [0.05, 0.1) is 11.5 Å². The van der Waals surface area contributed by atoms with Gasteiger partial charge >= 0.3 is 0 Å². The monoisotopic (exact) mass is 325 g/mol. The minimum Gasteiger partial charge on any atom is -0.392 e. The van der Waals surface area contributed by atoms with E-state index in [1.165, 1.54) is 0 Å². The lowest BCUT2D eigenvalue weighted by Crippen LogP contribution is -2.26. The fraction of sp³-hybridized carbons (Fsp3) is 0.333. The first-order valence-electron chi connectivity index (χ1n) is 6.80. The molecule has 0 fully saturated rings. The molecule has 0 atom stereocenters. The summed E-state index contributed by atoms with van der Waals surface area (Å²) in [6.45, 7) is 2.19. The number of thiophene rings is 1. The van der Waals surface area contributed by atoms with Crippen molar-refractivity contribution in [3.8, 4) is 0 Å². The van der Waals surface area contributed by atoms with Crippen LogP contribution in [0.4, 0.5) is 0 Å². The van der Waals surface area contributed by atoms with Gasteiger partial charge in [-0.3, -0.25) is 0 Å². The van der Waals surface area contributed by atoms with E-state index >= 15 is 0 Å². The first kappa shape index (κ1) is 16.2. The SMILES string of the molecule is CCc1ccc(S(=O)(=O)NCCc2ccsc2)cc1CO. The maximum atomic E-state index is 12.2. The zero-order chi connectivity index (χ0) is 15.3. The van der Waals surface area contributed by atoms with Crippen LogP contribution in [0.25, 0.3) is 0 Å². The van der Waals surface area contributed by atoms with Crippen molar-refractivity contribution in [1.29, 1.82) is 0 Å². The number of hydrogen-bond acceptors (Lipinski definition) is 4. The van der Waals surface area contributed by atoms with Crippen molar-refractivity contribution in [2.75, 3.05) is 6.54 Å². The summed E-state index contributed by atoms with van der Waals surface area (Å²) in [6, 6.07) is 6.88. The van der Waals surface area contributed by atoms with Crippen molar-refractivity contribution in [3.05, 3.63) is 51.7 Å². The summed E-state index contributed by atoms with van der Waals surface area (Å²) in [5.74, 6) is 0. The molecular formula is C15H19NO3S2. The first-order valence-corrected chi connectivity index (χ1v) is 9.23. The van der Waals surface area contributed by atoms with E-state index in [9.17, 15) is 13.5 Å². The molecule has 2 rings (SSSR count). The summed E-state index contributed by atoms with van der Waals surface area (Å²) in [5, 5.41) is 13.3. The Kier molecular flexibility index (Phi) is 5.52. The summed E-state index contributed by atoms with van der Waals surface area (Å²) in [6.07, 6.45) is 1.43. The highest BCUT2D eigenvalue weighted by molar-refractivity contribution is 7.89. The van der Waals surface area contributed by atoms with Gasteiger partial charge in [0.25, 0.3) is 0 Å². The molecule has 1 aromatic carbocycles. The Bertz CT molecular complexity index is 679. The Morgan fingerprint density at radius 1 is 1.24 bits per heavy atom. The summed E-state index contributed by atoms with van der Waals surface area (Å²) >= 11 is 1.60. The van der Waals surface area contributed by atoms with Gasteiger partial charge in [0.1, 0.15) is 0 Å². The molecule has 0 aliphatic rings. The van der Waals surface area contributed by atoms with E-state index in [1.54, 1.807) is 29.5 Å². The molecule has 6 heteroatoms. The lowest BCUT2D eigenvalue weighted by atomic mass is 10.1. The number of rotatable bonds is 7. The molecule has 0 amide bonds. The van der Waals surface area contributed by atoms with Crippen LogP contribution in [-0.2, 0) is 29.5 Å². The summed E-state index contributed by atoms with van der Waals surface area (Å²) < 4.78 is 27.1. The average molecular weight is 325 g/mol. The predicted octanol–water partition coefficient (Wildman–Crippen LogP) is 2.32. The maximum absolute atomic E-state index is 12.2. The Labute approximate surface area is 129 Å².